The van der Waals surface area contributed by atoms with Crippen LogP contribution >= 0.6 is 0 Å². The summed E-state index contributed by atoms with van der Waals surface area (Å²) in [5, 5.41) is 32.7. The molecule has 1 aromatic rings. The number of carbonyl (C=O) groups excluding carboxylic acids is 5. The second kappa shape index (κ2) is 22.3. The first-order valence-electron chi connectivity index (χ1n) is 17.4. The van der Waals surface area contributed by atoms with Gasteiger partial charge in [0.25, 0.3) is 0 Å². The zero-order valence-electron chi connectivity index (χ0n) is 29.4. The lowest BCUT2D eigenvalue weighted by molar-refractivity contribution is -0.142. The van der Waals surface area contributed by atoms with E-state index in [9.17, 15) is 39.0 Å². The van der Waals surface area contributed by atoms with Gasteiger partial charge in [-0.15, -0.1) is 0 Å². The number of carboxylic acids is 1. The Morgan fingerprint density at radius 1 is 0.863 bits per heavy atom. The number of hydrogen-bond donors (Lipinski definition) is 10. The Labute approximate surface area is 298 Å². The van der Waals surface area contributed by atoms with Gasteiger partial charge >= 0.3 is 5.97 Å². The zero-order chi connectivity index (χ0) is 37.9. The molecule has 0 radical (unpaired) electrons. The SMILES string of the molecule is CC(C)C[C@@H](NC(=O)[C@@H](Cc1ccc(O)cc1)NC(=O)[C@H]1C/C=N/C[C@@H](N)C(=O)N[C@H](CCCCN)C(=O)N[C@H](CCCCN)C(=O)N1)C(=O)O. The van der Waals surface area contributed by atoms with Gasteiger partial charge in [0.1, 0.15) is 42.0 Å². The second-order valence-electron chi connectivity index (χ2n) is 13.1. The molecule has 51 heavy (non-hydrogen) atoms. The normalized spacial score (nSPS) is 22.0. The lowest BCUT2D eigenvalue weighted by atomic mass is 10.0. The molecule has 0 fully saturated rings. The number of nitrogens with zero attached hydrogens (tertiary/aromatic N) is 1. The van der Waals surface area contributed by atoms with Gasteiger partial charge in [0, 0.05) is 19.1 Å². The smallest absolute Gasteiger partial charge is 0.326 e. The van der Waals surface area contributed by atoms with Crippen LogP contribution in [0.1, 0.15) is 70.8 Å². The molecule has 0 saturated carbocycles. The summed E-state index contributed by atoms with van der Waals surface area (Å²) >= 11 is 0. The summed E-state index contributed by atoms with van der Waals surface area (Å²) in [5.41, 5.74) is 17.9. The number of hydrogen-bond acceptors (Lipinski definition) is 11. The van der Waals surface area contributed by atoms with E-state index in [4.69, 9.17) is 17.2 Å². The molecular formula is C34H55N9O8. The van der Waals surface area contributed by atoms with Crippen molar-refractivity contribution in [1.29, 1.82) is 0 Å². The molecular weight excluding hydrogens is 662 g/mol. The minimum atomic E-state index is -1.30. The van der Waals surface area contributed by atoms with E-state index in [0.29, 0.717) is 44.3 Å². The predicted octanol–water partition coefficient (Wildman–Crippen LogP) is -1.45. The molecule has 17 heteroatoms. The van der Waals surface area contributed by atoms with Crippen molar-refractivity contribution >= 4 is 41.7 Å². The Morgan fingerprint density at radius 3 is 1.98 bits per heavy atom. The van der Waals surface area contributed by atoms with Crippen LogP contribution in [0.3, 0.4) is 0 Å². The van der Waals surface area contributed by atoms with Crippen molar-refractivity contribution in [2.75, 3.05) is 19.6 Å². The van der Waals surface area contributed by atoms with Crippen LogP contribution in [0.4, 0.5) is 0 Å². The number of phenolic OH excluding ortho intramolecular Hbond substituents is 1. The fourth-order valence-electron chi connectivity index (χ4n) is 5.34. The average Bonchev–Trinajstić information content (AvgIpc) is 3.08. The largest absolute Gasteiger partial charge is 0.508 e. The standard InChI is InChI=1S/C34H55N9O8/c1-20(2)17-28(34(50)51)43-33(49)27(18-21-9-11-22(44)12-10-21)42-32(48)26-13-16-38-19-23(37)29(45)39-24(7-3-5-14-35)30(46)40-25(31(47)41-26)8-4-6-15-36/h9-12,16,20,23-28,44H,3-8,13-15,17-19,35-37H2,1-2H3,(H,39,45)(H,40,46)(H,41,47)(H,42,48)(H,43,49)(H,50,51)/b38-16+/t23-,24-,25-,26-,27-,28-/m1/s1. The molecule has 1 aromatic carbocycles. The third kappa shape index (κ3) is 15.4. The fraction of sp³-hybridized carbons (Fsp3) is 0.618. The van der Waals surface area contributed by atoms with E-state index in [1.807, 2.05) is 13.8 Å². The second-order valence-corrected chi connectivity index (χ2v) is 13.1. The number of aromatic hydroxyl groups is 1. The minimum Gasteiger partial charge on any atom is -0.508 e. The van der Waals surface area contributed by atoms with Gasteiger partial charge in [0.15, 0.2) is 0 Å². The van der Waals surface area contributed by atoms with Crippen LogP contribution in [0.25, 0.3) is 0 Å². The van der Waals surface area contributed by atoms with E-state index in [-0.39, 0.29) is 50.3 Å². The maximum absolute atomic E-state index is 13.9. The number of nitrogens with one attached hydrogen (secondary N) is 5. The summed E-state index contributed by atoms with van der Waals surface area (Å²) in [6.07, 6.45) is 3.82. The number of aliphatic carboxylic acids is 1. The number of carbonyl (C=O) groups is 6. The van der Waals surface area contributed by atoms with E-state index in [0.717, 1.165) is 0 Å². The fourth-order valence-corrected chi connectivity index (χ4v) is 5.34. The summed E-state index contributed by atoms with van der Waals surface area (Å²) in [6, 6.07) is -1.11. The summed E-state index contributed by atoms with van der Waals surface area (Å²) in [7, 11) is 0. The van der Waals surface area contributed by atoms with Crippen LogP contribution < -0.4 is 43.8 Å². The zero-order valence-corrected chi connectivity index (χ0v) is 29.4. The first-order chi connectivity index (χ1) is 24.2. The third-order valence-corrected chi connectivity index (χ3v) is 8.23. The topological polar surface area (TPSA) is 293 Å². The highest BCUT2D eigenvalue weighted by Gasteiger charge is 2.33. The Kier molecular flexibility index (Phi) is 18.6. The molecule has 0 spiro atoms. The Morgan fingerprint density at radius 2 is 1.43 bits per heavy atom. The number of unbranched alkanes of at least 4 members (excludes halogenated alkanes) is 2. The highest BCUT2D eigenvalue weighted by molar-refractivity contribution is 5.97. The van der Waals surface area contributed by atoms with E-state index in [1.165, 1.54) is 18.3 Å². The molecule has 2 rings (SSSR count). The Hall–Kier alpha value is -4.61. The molecule has 0 aliphatic carbocycles. The van der Waals surface area contributed by atoms with Crippen molar-refractivity contribution in [3.8, 4) is 5.75 Å². The van der Waals surface area contributed by atoms with E-state index < -0.39 is 71.8 Å². The van der Waals surface area contributed by atoms with E-state index >= 15 is 0 Å². The number of aliphatic imine (C=N–C) groups is 1. The average molecular weight is 718 g/mol. The molecule has 1 aliphatic rings. The van der Waals surface area contributed by atoms with Crippen molar-refractivity contribution in [2.45, 2.75) is 108 Å². The quantitative estimate of drug-likeness (QED) is 0.0832. The number of carboxylic acid groups (broad SMARTS) is 1. The lowest BCUT2D eigenvalue weighted by Crippen LogP contribution is -2.60. The van der Waals surface area contributed by atoms with Crippen LogP contribution in [0.5, 0.6) is 5.75 Å². The molecule has 0 unspecified atom stereocenters. The maximum atomic E-state index is 13.9. The number of phenols is 1. The molecule has 5 amide bonds. The Balaban J connectivity index is 2.43. The molecule has 284 valence electrons. The van der Waals surface area contributed by atoms with Crippen molar-refractivity contribution < 1.29 is 39.0 Å². The molecule has 0 aromatic heterocycles. The number of amides is 5. The van der Waals surface area contributed by atoms with E-state index in [1.54, 1.807) is 12.1 Å². The summed E-state index contributed by atoms with van der Waals surface area (Å²) in [5.74, 6) is -4.78. The van der Waals surface area contributed by atoms with Gasteiger partial charge in [0.05, 0.1) is 6.54 Å². The molecule has 6 atom stereocenters. The molecule has 17 nitrogen and oxygen atoms in total. The van der Waals surface area contributed by atoms with Gasteiger partial charge in [-0.3, -0.25) is 29.0 Å². The monoisotopic (exact) mass is 717 g/mol. The summed E-state index contributed by atoms with van der Waals surface area (Å²) < 4.78 is 0. The minimum absolute atomic E-state index is 0.0134. The molecule has 13 N–H and O–H groups in total. The molecule has 0 bridgehead atoms. The number of nitrogens with two attached hydrogens (primary N) is 3. The first-order valence-corrected chi connectivity index (χ1v) is 17.4. The van der Waals surface area contributed by atoms with Crippen molar-refractivity contribution in [3.05, 3.63) is 29.8 Å². The highest BCUT2D eigenvalue weighted by Crippen LogP contribution is 2.13. The van der Waals surface area contributed by atoms with Crippen molar-refractivity contribution in [1.82, 2.24) is 26.6 Å². The van der Waals surface area contributed by atoms with Crippen LogP contribution in [0.15, 0.2) is 29.3 Å². The van der Waals surface area contributed by atoms with E-state index in [2.05, 4.69) is 31.6 Å². The van der Waals surface area contributed by atoms with Crippen molar-refractivity contribution in [3.63, 3.8) is 0 Å². The van der Waals surface area contributed by atoms with Gasteiger partial charge in [-0.2, -0.15) is 0 Å². The summed E-state index contributed by atoms with van der Waals surface area (Å²) in [6.45, 7) is 4.18. The van der Waals surface area contributed by atoms with Crippen LogP contribution in [-0.2, 0) is 35.2 Å². The lowest BCUT2D eigenvalue weighted by Gasteiger charge is -2.27. The predicted molar refractivity (Wildman–Crippen MR) is 190 cm³/mol. The van der Waals surface area contributed by atoms with Crippen LogP contribution in [-0.4, -0.2) is 108 Å². The molecule has 1 heterocycles. The van der Waals surface area contributed by atoms with Crippen LogP contribution in [0, 0.1) is 5.92 Å². The number of benzene rings is 1. The van der Waals surface area contributed by atoms with Gasteiger partial charge in [0.2, 0.25) is 29.5 Å². The first kappa shape index (κ1) is 42.6. The Bertz CT molecular complexity index is 1340. The maximum Gasteiger partial charge on any atom is 0.326 e. The third-order valence-electron chi connectivity index (χ3n) is 8.23. The molecule has 0 saturated heterocycles. The summed E-state index contributed by atoms with van der Waals surface area (Å²) in [4.78, 5) is 83.5. The highest BCUT2D eigenvalue weighted by atomic mass is 16.4. The van der Waals surface area contributed by atoms with Gasteiger partial charge in [-0.1, -0.05) is 26.0 Å². The van der Waals surface area contributed by atoms with Gasteiger partial charge < -0.3 is 54.0 Å². The molecule has 1 aliphatic heterocycles. The van der Waals surface area contributed by atoms with Gasteiger partial charge in [-0.05, 0) is 81.6 Å². The van der Waals surface area contributed by atoms with Crippen LogP contribution in [0.2, 0.25) is 0 Å². The van der Waals surface area contributed by atoms with Gasteiger partial charge in [-0.25, -0.2) is 4.79 Å². The number of rotatable bonds is 17. The van der Waals surface area contributed by atoms with Crippen molar-refractivity contribution in [2.24, 2.45) is 28.1 Å².